The number of carbonyl (C=O) groups excluding carboxylic acids is 1. The van der Waals surface area contributed by atoms with Gasteiger partial charge in [0.25, 0.3) is 0 Å². The number of likely N-dealkylation sites (tertiary alicyclic amines) is 1. The van der Waals surface area contributed by atoms with Crippen LogP contribution in [0.5, 0.6) is 0 Å². The van der Waals surface area contributed by atoms with Gasteiger partial charge in [0.2, 0.25) is 5.91 Å². The van der Waals surface area contributed by atoms with Gasteiger partial charge < -0.3 is 10.6 Å². The molecule has 0 spiro atoms. The molecule has 21 heavy (non-hydrogen) atoms. The lowest BCUT2D eigenvalue weighted by molar-refractivity contribution is -0.196. The van der Waals surface area contributed by atoms with Crippen molar-refractivity contribution in [2.75, 3.05) is 6.54 Å². The van der Waals surface area contributed by atoms with Crippen molar-refractivity contribution in [3.8, 4) is 0 Å². The lowest BCUT2D eigenvalue weighted by Gasteiger charge is -2.39. The Morgan fingerprint density at radius 3 is 2.52 bits per heavy atom. The van der Waals surface area contributed by atoms with Crippen molar-refractivity contribution in [3.05, 3.63) is 35.9 Å². The molecule has 0 aliphatic carbocycles. The molecule has 1 aliphatic heterocycles. The van der Waals surface area contributed by atoms with Crippen LogP contribution in [0.3, 0.4) is 0 Å². The van der Waals surface area contributed by atoms with Gasteiger partial charge in [0, 0.05) is 19.0 Å². The van der Waals surface area contributed by atoms with E-state index in [4.69, 9.17) is 5.73 Å². The van der Waals surface area contributed by atoms with Crippen LogP contribution in [-0.2, 0) is 11.2 Å². The van der Waals surface area contributed by atoms with Crippen LogP contribution in [0.1, 0.15) is 24.8 Å². The summed E-state index contributed by atoms with van der Waals surface area (Å²) in [7, 11) is 0. The first-order valence-corrected chi connectivity index (χ1v) is 7.03. The third kappa shape index (κ3) is 4.20. The molecule has 0 unspecified atom stereocenters. The van der Waals surface area contributed by atoms with E-state index in [1.165, 1.54) is 0 Å². The van der Waals surface area contributed by atoms with Gasteiger partial charge in [-0.2, -0.15) is 13.2 Å². The number of nitrogens with zero attached hydrogens (tertiary/aromatic N) is 1. The molecule has 2 N–H and O–H groups in total. The molecule has 0 radical (unpaired) electrons. The zero-order chi connectivity index (χ0) is 15.5. The number of halogens is 3. The summed E-state index contributed by atoms with van der Waals surface area (Å²) in [6, 6.07) is 7.19. The smallest absolute Gasteiger partial charge is 0.329 e. The third-order valence-corrected chi connectivity index (χ3v) is 3.79. The highest BCUT2D eigenvalue weighted by Crippen LogP contribution is 2.32. The Hall–Kier alpha value is -1.56. The van der Waals surface area contributed by atoms with E-state index in [-0.39, 0.29) is 25.4 Å². The van der Waals surface area contributed by atoms with Crippen LogP contribution in [-0.4, -0.2) is 35.6 Å². The Bertz CT molecular complexity index is 476. The summed E-state index contributed by atoms with van der Waals surface area (Å²) in [5.74, 6) is -0.476. The summed E-state index contributed by atoms with van der Waals surface area (Å²) in [5.41, 5.74) is 6.65. The standard InChI is InChI=1S/C15H19F3N2O/c16-15(17,18)13-8-7-12(19)10-20(13)14(21)9-6-11-4-2-1-3-5-11/h1-5,12-13H,6-10,19H2/t12-,13-/m0/s1. The van der Waals surface area contributed by atoms with E-state index in [1.54, 1.807) is 0 Å². The predicted molar refractivity (Wildman–Crippen MR) is 73.5 cm³/mol. The van der Waals surface area contributed by atoms with Crippen molar-refractivity contribution < 1.29 is 18.0 Å². The van der Waals surface area contributed by atoms with Crippen molar-refractivity contribution >= 4 is 5.91 Å². The van der Waals surface area contributed by atoms with Crippen LogP contribution < -0.4 is 5.73 Å². The summed E-state index contributed by atoms with van der Waals surface area (Å²) < 4.78 is 39.0. The highest BCUT2D eigenvalue weighted by atomic mass is 19.4. The van der Waals surface area contributed by atoms with Crippen LogP contribution in [0.25, 0.3) is 0 Å². The average molecular weight is 300 g/mol. The maximum atomic E-state index is 13.0. The number of aryl methyl sites for hydroxylation is 1. The lowest BCUT2D eigenvalue weighted by Crippen LogP contribution is -2.56. The number of carbonyl (C=O) groups is 1. The van der Waals surface area contributed by atoms with Gasteiger partial charge in [-0.3, -0.25) is 4.79 Å². The molecule has 1 aromatic rings. The zero-order valence-electron chi connectivity index (χ0n) is 11.6. The Balaban J connectivity index is 2.00. The van der Waals surface area contributed by atoms with E-state index >= 15 is 0 Å². The fourth-order valence-corrected chi connectivity index (χ4v) is 2.65. The molecule has 3 nitrogen and oxygen atoms in total. The number of hydrogen-bond donors (Lipinski definition) is 1. The maximum absolute atomic E-state index is 13.0. The van der Waals surface area contributed by atoms with Crippen molar-refractivity contribution in [3.63, 3.8) is 0 Å². The Labute approximate surface area is 121 Å². The molecule has 2 rings (SSSR count). The topological polar surface area (TPSA) is 46.3 Å². The number of piperidine rings is 1. The van der Waals surface area contributed by atoms with E-state index in [1.807, 2.05) is 30.3 Å². The molecule has 1 saturated heterocycles. The number of benzene rings is 1. The SMILES string of the molecule is N[C@H]1CC[C@@H](C(F)(F)F)N(C(=O)CCc2ccccc2)C1. The first-order valence-electron chi connectivity index (χ1n) is 7.03. The molecule has 0 saturated carbocycles. The first-order chi connectivity index (χ1) is 9.88. The second kappa shape index (κ2) is 6.47. The monoisotopic (exact) mass is 300 g/mol. The van der Waals surface area contributed by atoms with Gasteiger partial charge in [0.05, 0.1) is 0 Å². The molecular formula is C15H19F3N2O. The fourth-order valence-electron chi connectivity index (χ4n) is 2.65. The van der Waals surface area contributed by atoms with Crippen molar-refractivity contribution in [2.24, 2.45) is 5.73 Å². The van der Waals surface area contributed by atoms with Gasteiger partial charge >= 0.3 is 6.18 Å². The number of amides is 1. The van der Waals surface area contributed by atoms with Gasteiger partial charge in [-0.05, 0) is 24.8 Å². The molecule has 1 heterocycles. The maximum Gasteiger partial charge on any atom is 0.408 e. The van der Waals surface area contributed by atoms with Gasteiger partial charge in [-0.1, -0.05) is 30.3 Å². The predicted octanol–water partition coefficient (Wildman–Crippen LogP) is 2.50. The highest BCUT2D eigenvalue weighted by Gasteiger charge is 2.47. The zero-order valence-corrected chi connectivity index (χ0v) is 11.6. The summed E-state index contributed by atoms with van der Waals surface area (Å²) in [6.45, 7) is -0.0161. The number of hydrogen-bond acceptors (Lipinski definition) is 2. The van der Waals surface area contributed by atoms with E-state index in [9.17, 15) is 18.0 Å². The fraction of sp³-hybridized carbons (Fsp3) is 0.533. The quantitative estimate of drug-likeness (QED) is 0.932. The number of rotatable bonds is 3. The van der Waals surface area contributed by atoms with Crippen molar-refractivity contribution in [1.82, 2.24) is 4.90 Å². The highest BCUT2D eigenvalue weighted by molar-refractivity contribution is 5.77. The summed E-state index contributed by atoms with van der Waals surface area (Å²) >= 11 is 0. The van der Waals surface area contributed by atoms with Crippen LogP contribution in [0.2, 0.25) is 0 Å². The van der Waals surface area contributed by atoms with Crippen LogP contribution >= 0.6 is 0 Å². The van der Waals surface area contributed by atoms with Crippen LogP contribution in [0.4, 0.5) is 13.2 Å². The summed E-state index contributed by atoms with van der Waals surface area (Å²) in [4.78, 5) is 13.1. The summed E-state index contributed by atoms with van der Waals surface area (Å²) in [6.07, 6.45) is -3.68. The summed E-state index contributed by atoms with van der Waals surface area (Å²) in [5, 5.41) is 0. The first kappa shape index (κ1) is 15.8. The number of alkyl halides is 3. The minimum Gasteiger partial charge on any atom is -0.329 e. The molecule has 0 aromatic heterocycles. The molecule has 116 valence electrons. The largest absolute Gasteiger partial charge is 0.408 e. The molecule has 1 amide bonds. The average Bonchev–Trinajstić information content (AvgIpc) is 2.44. The van der Waals surface area contributed by atoms with Crippen molar-refractivity contribution in [1.29, 1.82) is 0 Å². The van der Waals surface area contributed by atoms with Crippen LogP contribution in [0, 0.1) is 0 Å². The van der Waals surface area contributed by atoms with E-state index in [0.717, 1.165) is 10.5 Å². The molecule has 1 fully saturated rings. The second-order valence-electron chi connectivity index (χ2n) is 5.43. The Morgan fingerprint density at radius 2 is 1.90 bits per heavy atom. The third-order valence-electron chi connectivity index (χ3n) is 3.79. The van der Waals surface area contributed by atoms with E-state index in [0.29, 0.717) is 12.8 Å². The van der Waals surface area contributed by atoms with E-state index in [2.05, 4.69) is 0 Å². The van der Waals surface area contributed by atoms with E-state index < -0.39 is 18.1 Å². The minimum absolute atomic E-state index is 0.0161. The molecule has 6 heteroatoms. The molecule has 2 atom stereocenters. The minimum atomic E-state index is -4.39. The van der Waals surface area contributed by atoms with Crippen LogP contribution in [0.15, 0.2) is 30.3 Å². The molecule has 1 aromatic carbocycles. The molecular weight excluding hydrogens is 281 g/mol. The van der Waals surface area contributed by atoms with Crippen molar-refractivity contribution in [2.45, 2.75) is 43.9 Å². The Kier molecular flexibility index (Phi) is 4.88. The second-order valence-corrected chi connectivity index (χ2v) is 5.43. The normalized spacial score (nSPS) is 23.1. The lowest BCUT2D eigenvalue weighted by atomic mass is 9.97. The molecule has 1 aliphatic rings. The van der Waals surface area contributed by atoms with Gasteiger partial charge in [0.1, 0.15) is 6.04 Å². The van der Waals surface area contributed by atoms with Gasteiger partial charge in [-0.25, -0.2) is 0 Å². The Morgan fingerprint density at radius 1 is 1.24 bits per heavy atom. The molecule has 0 bridgehead atoms. The van der Waals surface area contributed by atoms with Gasteiger partial charge in [0.15, 0.2) is 0 Å². The van der Waals surface area contributed by atoms with Gasteiger partial charge in [-0.15, -0.1) is 0 Å². The number of nitrogens with two attached hydrogens (primary N) is 1.